The van der Waals surface area contributed by atoms with E-state index < -0.39 is 17.7 Å². The normalized spacial score (nSPS) is 15.0. The molecule has 0 saturated carbocycles. The van der Waals surface area contributed by atoms with E-state index in [2.05, 4.69) is 5.32 Å². The van der Waals surface area contributed by atoms with Crippen LogP contribution in [0.15, 0.2) is 24.3 Å². The molecule has 2 unspecified atom stereocenters. The predicted molar refractivity (Wildman–Crippen MR) is 72.0 cm³/mol. The van der Waals surface area contributed by atoms with E-state index in [1.807, 2.05) is 31.2 Å². The summed E-state index contributed by atoms with van der Waals surface area (Å²) in [7, 11) is 0. The van der Waals surface area contributed by atoms with E-state index in [0.717, 1.165) is 11.1 Å². The monoisotopic (exact) mass is 250 g/mol. The lowest BCUT2D eigenvalue weighted by atomic mass is 9.97. The average molecular weight is 250 g/mol. The fourth-order valence-electron chi connectivity index (χ4n) is 1.42. The van der Waals surface area contributed by atoms with Gasteiger partial charge in [0.2, 0.25) is 5.91 Å². The van der Waals surface area contributed by atoms with Gasteiger partial charge >= 0.3 is 0 Å². The predicted octanol–water partition coefficient (Wildman–Crippen LogP) is 1.27. The summed E-state index contributed by atoms with van der Waals surface area (Å²) >= 11 is 0. The molecule has 1 amide bonds. The number of aliphatic hydroxyl groups excluding tert-OH is 1. The molecule has 0 bridgehead atoms. The third-order valence-electron chi connectivity index (χ3n) is 3.21. The second-order valence-corrected chi connectivity index (χ2v) is 5.28. The van der Waals surface area contributed by atoms with Crippen LogP contribution in [0.2, 0.25) is 0 Å². The van der Waals surface area contributed by atoms with Gasteiger partial charge in [-0.1, -0.05) is 29.8 Å². The van der Waals surface area contributed by atoms with Crippen LogP contribution in [0.4, 0.5) is 0 Å². The van der Waals surface area contributed by atoms with Gasteiger partial charge in [-0.05, 0) is 33.3 Å². The molecule has 0 aliphatic heterocycles. The number of nitrogens with one attached hydrogen (secondary N) is 1. The summed E-state index contributed by atoms with van der Waals surface area (Å²) in [6.07, 6.45) is -0.647. The number of benzene rings is 1. The maximum absolute atomic E-state index is 12.0. The Bertz CT molecular complexity index is 410. The Morgan fingerprint density at radius 2 is 1.83 bits per heavy atom. The largest absolute Gasteiger partial charge is 0.391 e. The molecule has 0 saturated heterocycles. The number of nitrogens with two attached hydrogens (primary N) is 1. The lowest BCUT2D eigenvalue weighted by molar-refractivity contribution is -0.125. The minimum atomic E-state index is -0.719. The van der Waals surface area contributed by atoms with E-state index in [0.29, 0.717) is 0 Å². The minimum absolute atomic E-state index is 0.287. The van der Waals surface area contributed by atoms with Crippen LogP contribution in [0.3, 0.4) is 0 Å². The maximum Gasteiger partial charge on any atom is 0.242 e. The van der Waals surface area contributed by atoms with Crippen LogP contribution in [0.5, 0.6) is 0 Å². The first-order valence-corrected chi connectivity index (χ1v) is 6.06. The van der Waals surface area contributed by atoms with E-state index in [-0.39, 0.29) is 5.91 Å². The maximum atomic E-state index is 12.0. The molecule has 1 aromatic rings. The first kappa shape index (κ1) is 14.7. The van der Waals surface area contributed by atoms with Gasteiger partial charge < -0.3 is 16.2 Å². The van der Waals surface area contributed by atoms with Crippen molar-refractivity contribution in [1.82, 2.24) is 5.32 Å². The Morgan fingerprint density at radius 3 is 2.28 bits per heavy atom. The molecule has 0 aliphatic carbocycles. The third kappa shape index (κ3) is 3.55. The van der Waals surface area contributed by atoms with Crippen LogP contribution in [0.25, 0.3) is 0 Å². The van der Waals surface area contributed by atoms with Gasteiger partial charge in [0, 0.05) is 0 Å². The molecule has 100 valence electrons. The Kier molecular flexibility index (Phi) is 4.48. The van der Waals surface area contributed by atoms with Gasteiger partial charge in [0.25, 0.3) is 0 Å². The first-order valence-electron chi connectivity index (χ1n) is 6.06. The van der Waals surface area contributed by atoms with Crippen molar-refractivity contribution >= 4 is 5.91 Å². The van der Waals surface area contributed by atoms with Gasteiger partial charge in [-0.3, -0.25) is 4.79 Å². The average Bonchev–Trinajstić information content (AvgIpc) is 2.28. The van der Waals surface area contributed by atoms with Gasteiger partial charge in [0.15, 0.2) is 0 Å². The van der Waals surface area contributed by atoms with Gasteiger partial charge in [-0.2, -0.15) is 0 Å². The minimum Gasteiger partial charge on any atom is -0.391 e. The Hall–Kier alpha value is -1.39. The standard InChI is InChI=1S/C14H22N2O2/c1-9-5-7-11(8-6-9)12(15)13(18)16-14(3,4)10(2)17/h5-8,10,12,17H,15H2,1-4H3,(H,16,18). The molecule has 0 heterocycles. The molecule has 0 aromatic heterocycles. The first-order chi connectivity index (χ1) is 8.24. The molecule has 0 aliphatic rings. The molecular weight excluding hydrogens is 228 g/mol. The highest BCUT2D eigenvalue weighted by atomic mass is 16.3. The number of aliphatic hydroxyl groups is 1. The molecule has 4 heteroatoms. The molecule has 4 nitrogen and oxygen atoms in total. The summed E-state index contributed by atoms with van der Waals surface area (Å²) < 4.78 is 0. The van der Waals surface area contributed by atoms with Crippen molar-refractivity contribution in [2.75, 3.05) is 0 Å². The SMILES string of the molecule is Cc1ccc(C(N)C(=O)NC(C)(C)C(C)O)cc1. The van der Waals surface area contributed by atoms with Gasteiger partial charge in [-0.25, -0.2) is 0 Å². The molecule has 0 radical (unpaired) electrons. The Balaban J connectivity index is 2.76. The summed E-state index contributed by atoms with van der Waals surface area (Å²) in [6.45, 7) is 7.14. The van der Waals surface area contributed by atoms with Crippen molar-refractivity contribution < 1.29 is 9.90 Å². The van der Waals surface area contributed by atoms with Gasteiger partial charge in [0.05, 0.1) is 11.6 Å². The molecule has 1 aromatic carbocycles. The lowest BCUT2D eigenvalue weighted by Crippen LogP contribution is -2.53. The van der Waals surface area contributed by atoms with Crippen LogP contribution < -0.4 is 11.1 Å². The molecule has 0 fully saturated rings. The van der Waals surface area contributed by atoms with Crippen LogP contribution in [-0.2, 0) is 4.79 Å². The Morgan fingerprint density at radius 1 is 1.33 bits per heavy atom. The van der Waals surface area contributed by atoms with E-state index in [9.17, 15) is 9.90 Å². The fourth-order valence-corrected chi connectivity index (χ4v) is 1.42. The number of hydrogen-bond donors (Lipinski definition) is 3. The molecule has 2 atom stereocenters. The molecule has 4 N–H and O–H groups in total. The zero-order valence-electron chi connectivity index (χ0n) is 11.4. The van der Waals surface area contributed by atoms with Crippen molar-refractivity contribution in [3.8, 4) is 0 Å². The quantitative estimate of drug-likeness (QED) is 0.753. The number of hydrogen-bond acceptors (Lipinski definition) is 3. The van der Waals surface area contributed by atoms with Crippen LogP contribution in [0, 0.1) is 6.92 Å². The molecule has 0 spiro atoms. The highest BCUT2D eigenvalue weighted by molar-refractivity contribution is 5.83. The highest BCUT2D eigenvalue weighted by Gasteiger charge is 2.28. The van der Waals surface area contributed by atoms with Crippen molar-refractivity contribution in [3.05, 3.63) is 35.4 Å². The highest BCUT2D eigenvalue weighted by Crippen LogP contribution is 2.15. The van der Waals surface area contributed by atoms with Crippen molar-refractivity contribution in [3.63, 3.8) is 0 Å². The smallest absolute Gasteiger partial charge is 0.242 e. The molecule has 18 heavy (non-hydrogen) atoms. The topological polar surface area (TPSA) is 75.4 Å². The zero-order chi connectivity index (χ0) is 13.9. The summed E-state index contributed by atoms with van der Waals surface area (Å²) in [5.41, 5.74) is 7.09. The van der Waals surface area contributed by atoms with Crippen molar-refractivity contribution in [1.29, 1.82) is 0 Å². The van der Waals surface area contributed by atoms with Gasteiger partial charge in [0.1, 0.15) is 6.04 Å². The summed E-state index contributed by atoms with van der Waals surface area (Å²) in [6, 6.07) is 6.80. The van der Waals surface area contributed by atoms with Crippen molar-refractivity contribution in [2.45, 2.75) is 45.4 Å². The summed E-state index contributed by atoms with van der Waals surface area (Å²) in [5.74, 6) is -0.287. The second-order valence-electron chi connectivity index (χ2n) is 5.28. The fraction of sp³-hybridized carbons (Fsp3) is 0.500. The zero-order valence-corrected chi connectivity index (χ0v) is 11.4. The third-order valence-corrected chi connectivity index (χ3v) is 3.21. The number of amides is 1. The summed E-state index contributed by atoms with van der Waals surface area (Å²) in [5, 5.41) is 12.3. The van der Waals surface area contributed by atoms with E-state index in [4.69, 9.17) is 5.73 Å². The Labute approximate surface area is 108 Å². The van der Waals surface area contributed by atoms with E-state index >= 15 is 0 Å². The lowest BCUT2D eigenvalue weighted by Gasteiger charge is -2.30. The number of carbonyl (C=O) groups is 1. The van der Waals surface area contributed by atoms with Crippen LogP contribution in [-0.4, -0.2) is 22.7 Å². The second kappa shape index (κ2) is 5.50. The van der Waals surface area contributed by atoms with Crippen LogP contribution >= 0.6 is 0 Å². The number of carbonyl (C=O) groups excluding carboxylic acids is 1. The van der Waals surface area contributed by atoms with E-state index in [1.54, 1.807) is 20.8 Å². The number of rotatable bonds is 4. The van der Waals surface area contributed by atoms with E-state index in [1.165, 1.54) is 0 Å². The molecule has 1 rings (SSSR count). The molecular formula is C14H22N2O2. The summed E-state index contributed by atoms with van der Waals surface area (Å²) in [4.78, 5) is 12.0. The number of aryl methyl sites for hydroxylation is 1. The van der Waals surface area contributed by atoms with Gasteiger partial charge in [-0.15, -0.1) is 0 Å². The van der Waals surface area contributed by atoms with Crippen LogP contribution in [0.1, 0.15) is 37.9 Å². The van der Waals surface area contributed by atoms with Crippen molar-refractivity contribution in [2.24, 2.45) is 5.73 Å².